The van der Waals surface area contributed by atoms with Gasteiger partial charge in [-0.25, -0.2) is 0 Å². The van der Waals surface area contributed by atoms with E-state index in [9.17, 15) is 14.4 Å². The Labute approximate surface area is 219 Å². The van der Waals surface area contributed by atoms with Crippen molar-refractivity contribution in [1.29, 1.82) is 0 Å². The number of thioether (sulfide) groups is 1. The number of carbonyl (C=O) groups excluding carboxylic acids is 3. The number of benzene rings is 2. The van der Waals surface area contributed by atoms with Gasteiger partial charge in [0.15, 0.2) is 0 Å². The van der Waals surface area contributed by atoms with E-state index >= 15 is 0 Å². The predicted octanol–water partition coefficient (Wildman–Crippen LogP) is 5.68. The summed E-state index contributed by atoms with van der Waals surface area (Å²) in [5, 5.41) is 0.226. The van der Waals surface area contributed by atoms with Gasteiger partial charge in [0.05, 0.1) is 4.91 Å². The molecule has 0 atom stereocenters. The highest BCUT2D eigenvalue weighted by atomic mass is 35.5. The van der Waals surface area contributed by atoms with E-state index in [1.165, 1.54) is 5.56 Å². The average Bonchev–Trinajstić information content (AvgIpc) is 3.29. The van der Waals surface area contributed by atoms with E-state index in [4.69, 9.17) is 11.6 Å². The molecule has 36 heavy (non-hydrogen) atoms. The fourth-order valence-corrected chi connectivity index (χ4v) is 5.84. The molecule has 0 radical (unpaired) electrons. The molecule has 2 aromatic carbocycles. The number of aryl methyl sites for hydroxylation is 2. The lowest BCUT2D eigenvalue weighted by atomic mass is 10.00. The van der Waals surface area contributed by atoms with Crippen LogP contribution in [-0.4, -0.2) is 44.5 Å². The first-order chi connectivity index (χ1) is 17.2. The summed E-state index contributed by atoms with van der Waals surface area (Å²) in [4.78, 5) is 41.9. The Morgan fingerprint density at radius 3 is 2.58 bits per heavy atom. The van der Waals surface area contributed by atoms with Crippen LogP contribution < -0.4 is 0 Å². The summed E-state index contributed by atoms with van der Waals surface area (Å²) < 4.78 is 2.09. The van der Waals surface area contributed by atoms with Crippen LogP contribution in [0.15, 0.2) is 53.4 Å². The number of halogens is 1. The fourth-order valence-electron chi connectivity index (χ4n) is 4.85. The summed E-state index contributed by atoms with van der Waals surface area (Å²) in [5.74, 6) is -0.651. The van der Waals surface area contributed by atoms with Crippen LogP contribution >= 0.6 is 23.4 Å². The van der Waals surface area contributed by atoms with Crippen LogP contribution in [0.2, 0.25) is 5.02 Å². The van der Waals surface area contributed by atoms with Crippen molar-refractivity contribution in [3.63, 3.8) is 0 Å². The van der Waals surface area contributed by atoms with E-state index in [1.807, 2.05) is 63.2 Å². The molecule has 3 heterocycles. The lowest BCUT2D eigenvalue weighted by Gasteiger charge is -2.29. The normalized spacial score (nSPS) is 16.7. The summed E-state index contributed by atoms with van der Waals surface area (Å²) in [6, 6.07) is 15.8. The molecule has 3 aromatic rings. The number of fused-ring (bicyclic) bond motifs is 1. The standard InChI is InChI=1S/C28H26ClN3O3S/c1-17-8-9-23(29)14-24(17)32-18(2)12-22(19(32)3)13-25-27(34)31(28(35)36-25)16-26(33)30-11-10-20-6-4-5-7-21(20)15-30/h4-9,12-14H,10-11,15-16H2,1-3H3/b25-13-. The lowest BCUT2D eigenvalue weighted by molar-refractivity contribution is -0.136. The van der Waals surface area contributed by atoms with E-state index in [0.717, 1.165) is 56.8 Å². The number of amides is 3. The van der Waals surface area contributed by atoms with Crippen LogP contribution in [0.5, 0.6) is 0 Å². The molecule has 2 aliphatic rings. The Kier molecular flexibility index (Phi) is 6.53. The highest BCUT2D eigenvalue weighted by Crippen LogP contribution is 2.34. The van der Waals surface area contributed by atoms with Gasteiger partial charge in [-0.1, -0.05) is 41.9 Å². The zero-order valence-corrected chi connectivity index (χ0v) is 21.9. The van der Waals surface area contributed by atoms with Crippen molar-refractivity contribution in [2.75, 3.05) is 13.1 Å². The molecule has 8 heteroatoms. The summed E-state index contributed by atoms with van der Waals surface area (Å²) in [6.07, 6.45) is 2.51. The predicted molar refractivity (Wildman–Crippen MR) is 143 cm³/mol. The van der Waals surface area contributed by atoms with Crippen LogP contribution in [0, 0.1) is 20.8 Å². The molecule has 0 saturated carbocycles. The van der Waals surface area contributed by atoms with Gasteiger partial charge in [0.2, 0.25) is 5.91 Å². The molecule has 0 aliphatic carbocycles. The number of hydrogen-bond donors (Lipinski definition) is 0. The van der Waals surface area contributed by atoms with Crippen LogP contribution in [0.1, 0.15) is 33.6 Å². The van der Waals surface area contributed by atoms with Gasteiger partial charge in [-0.3, -0.25) is 19.3 Å². The Morgan fingerprint density at radius 2 is 1.81 bits per heavy atom. The Morgan fingerprint density at radius 1 is 1.06 bits per heavy atom. The molecular weight excluding hydrogens is 494 g/mol. The summed E-state index contributed by atoms with van der Waals surface area (Å²) in [5.41, 5.74) is 7.16. The highest BCUT2D eigenvalue weighted by Gasteiger charge is 2.37. The second-order valence-corrected chi connectivity index (χ2v) is 10.6. The average molecular weight is 520 g/mol. The van der Waals surface area contributed by atoms with Crippen molar-refractivity contribution in [2.45, 2.75) is 33.7 Å². The minimum atomic E-state index is -0.431. The third-order valence-electron chi connectivity index (χ3n) is 6.82. The number of aromatic nitrogens is 1. The molecule has 0 bridgehead atoms. The van der Waals surface area contributed by atoms with E-state index in [0.29, 0.717) is 23.0 Å². The topological polar surface area (TPSA) is 62.6 Å². The van der Waals surface area contributed by atoms with Crippen molar-refractivity contribution < 1.29 is 14.4 Å². The van der Waals surface area contributed by atoms with Crippen molar-refractivity contribution in [2.24, 2.45) is 0 Å². The second-order valence-electron chi connectivity index (χ2n) is 9.19. The van der Waals surface area contributed by atoms with Gasteiger partial charge in [-0.05, 0) is 85.5 Å². The van der Waals surface area contributed by atoms with Crippen LogP contribution in [0.3, 0.4) is 0 Å². The first kappa shape index (κ1) is 24.4. The van der Waals surface area contributed by atoms with Crippen molar-refractivity contribution in [1.82, 2.24) is 14.4 Å². The number of rotatable bonds is 4. The molecule has 2 aliphatic heterocycles. The molecule has 0 unspecified atom stereocenters. The number of nitrogens with zero attached hydrogens (tertiary/aromatic N) is 3. The molecule has 184 valence electrons. The minimum Gasteiger partial charge on any atom is -0.336 e. The third-order valence-corrected chi connectivity index (χ3v) is 7.96. The SMILES string of the molecule is Cc1ccc(Cl)cc1-n1c(C)cc(/C=C2\SC(=O)N(CC(=O)N3CCc4ccccc4C3)C2=O)c1C. The van der Waals surface area contributed by atoms with E-state index < -0.39 is 11.1 Å². The van der Waals surface area contributed by atoms with Gasteiger partial charge in [0.25, 0.3) is 11.1 Å². The molecule has 0 spiro atoms. The molecule has 1 aromatic heterocycles. The van der Waals surface area contributed by atoms with Gasteiger partial charge in [0, 0.05) is 35.2 Å². The fraction of sp³-hybridized carbons (Fsp3) is 0.250. The van der Waals surface area contributed by atoms with Crippen LogP contribution in [0.25, 0.3) is 11.8 Å². The summed E-state index contributed by atoms with van der Waals surface area (Å²) in [6.45, 7) is 6.82. The Bertz CT molecular complexity index is 1440. The highest BCUT2D eigenvalue weighted by molar-refractivity contribution is 8.18. The smallest absolute Gasteiger partial charge is 0.294 e. The molecule has 1 saturated heterocycles. The lowest BCUT2D eigenvalue weighted by Crippen LogP contribution is -2.44. The maximum Gasteiger partial charge on any atom is 0.294 e. The quantitative estimate of drug-likeness (QED) is 0.416. The van der Waals surface area contributed by atoms with Gasteiger partial charge in [-0.2, -0.15) is 0 Å². The maximum atomic E-state index is 13.1. The first-order valence-electron chi connectivity index (χ1n) is 11.8. The zero-order chi connectivity index (χ0) is 25.6. The monoisotopic (exact) mass is 519 g/mol. The molecule has 6 nitrogen and oxygen atoms in total. The van der Waals surface area contributed by atoms with E-state index in [2.05, 4.69) is 10.6 Å². The molecule has 3 amide bonds. The van der Waals surface area contributed by atoms with Crippen LogP contribution in [-0.2, 0) is 22.6 Å². The number of imide groups is 1. The maximum absolute atomic E-state index is 13.1. The van der Waals surface area contributed by atoms with E-state index in [-0.39, 0.29) is 12.5 Å². The molecule has 1 fully saturated rings. The van der Waals surface area contributed by atoms with E-state index in [1.54, 1.807) is 11.0 Å². The van der Waals surface area contributed by atoms with Crippen molar-refractivity contribution in [3.8, 4) is 5.69 Å². The van der Waals surface area contributed by atoms with Crippen LogP contribution in [0.4, 0.5) is 4.79 Å². The van der Waals surface area contributed by atoms with Gasteiger partial charge in [-0.15, -0.1) is 0 Å². The second kappa shape index (κ2) is 9.64. The Balaban J connectivity index is 1.35. The summed E-state index contributed by atoms with van der Waals surface area (Å²) in [7, 11) is 0. The zero-order valence-electron chi connectivity index (χ0n) is 20.4. The van der Waals surface area contributed by atoms with Crippen molar-refractivity contribution >= 4 is 46.5 Å². The van der Waals surface area contributed by atoms with Gasteiger partial charge >= 0.3 is 0 Å². The number of carbonyl (C=O) groups is 3. The van der Waals surface area contributed by atoms with Gasteiger partial charge < -0.3 is 9.47 Å². The van der Waals surface area contributed by atoms with Gasteiger partial charge in [0.1, 0.15) is 6.54 Å². The molecule has 5 rings (SSSR count). The Hall–Kier alpha value is -3.29. The first-order valence-corrected chi connectivity index (χ1v) is 13.0. The molecule has 0 N–H and O–H groups in total. The van der Waals surface area contributed by atoms with Crippen molar-refractivity contribution in [3.05, 3.63) is 92.1 Å². The third kappa shape index (κ3) is 4.49. The largest absolute Gasteiger partial charge is 0.336 e. The summed E-state index contributed by atoms with van der Waals surface area (Å²) >= 11 is 7.12. The molecular formula is C28H26ClN3O3S. The minimum absolute atomic E-state index is 0.220. The number of hydrogen-bond acceptors (Lipinski definition) is 4.